The summed E-state index contributed by atoms with van der Waals surface area (Å²) in [6.45, 7) is 0. The van der Waals surface area contributed by atoms with Crippen LogP contribution in [0.15, 0.2) is 36.7 Å². The number of nitrogens with two attached hydrogens (primary N) is 1. The van der Waals surface area contributed by atoms with Crippen LogP contribution in [0.4, 0.5) is 21.7 Å². The van der Waals surface area contributed by atoms with Gasteiger partial charge in [-0.1, -0.05) is 6.07 Å². The summed E-state index contributed by atoms with van der Waals surface area (Å²) in [4.78, 5) is 9.74. The van der Waals surface area contributed by atoms with E-state index in [2.05, 4.69) is 15.4 Å². The number of nitrogens with zero attached hydrogens (tertiary/aromatic N) is 3. The maximum Gasteiger partial charge on any atom is 0.145 e. The maximum absolute atomic E-state index is 13.1. The van der Waals surface area contributed by atoms with Gasteiger partial charge in [-0.05, 0) is 18.2 Å². The molecule has 2 rings (SSSR count). The molecule has 6 heteroatoms. The van der Waals surface area contributed by atoms with Gasteiger partial charge >= 0.3 is 0 Å². The number of hydrogen-bond donors (Lipinski definition) is 2. The third-order valence-electron chi connectivity index (χ3n) is 2.34. The Labute approximate surface area is 98.1 Å². The number of nitrogen functional groups attached to an aromatic ring is 1. The molecule has 88 valence electrons. The lowest BCUT2D eigenvalue weighted by Crippen LogP contribution is -2.14. The zero-order valence-electron chi connectivity index (χ0n) is 9.26. The molecule has 0 atom stereocenters. The maximum atomic E-state index is 13.1. The number of rotatable bonds is 3. The highest BCUT2D eigenvalue weighted by molar-refractivity contribution is 5.61. The molecule has 1 heterocycles. The first kappa shape index (κ1) is 11.3. The van der Waals surface area contributed by atoms with Gasteiger partial charge in [-0.3, -0.25) is 0 Å². The first-order valence-corrected chi connectivity index (χ1v) is 4.98. The summed E-state index contributed by atoms with van der Waals surface area (Å²) in [5.74, 6) is 6.09. The monoisotopic (exact) mass is 233 g/mol. The largest absolute Gasteiger partial charge is 0.329 e. The van der Waals surface area contributed by atoms with Crippen LogP contribution in [0.3, 0.4) is 0 Å². The number of hydrogen-bond acceptors (Lipinski definition) is 5. The van der Waals surface area contributed by atoms with Gasteiger partial charge in [-0.15, -0.1) is 0 Å². The van der Waals surface area contributed by atoms with Crippen molar-refractivity contribution < 1.29 is 4.39 Å². The first-order chi connectivity index (χ1) is 8.20. The highest BCUT2D eigenvalue weighted by Gasteiger charge is 2.07. The molecule has 1 aromatic carbocycles. The predicted molar refractivity (Wildman–Crippen MR) is 64.3 cm³/mol. The van der Waals surface area contributed by atoms with Crippen LogP contribution in [0, 0.1) is 5.82 Å². The number of anilines is 3. The van der Waals surface area contributed by atoms with E-state index < -0.39 is 0 Å². The summed E-state index contributed by atoms with van der Waals surface area (Å²) in [6.07, 6.45) is 1.39. The fraction of sp³-hybridized carbons (Fsp3) is 0.0909. The first-order valence-electron chi connectivity index (χ1n) is 4.98. The van der Waals surface area contributed by atoms with Crippen molar-refractivity contribution in [3.05, 3.63) is 42.5 Å². The quantitative estimate of drug-likeness (QED) is 0.623. The van der Waals surface area contributed by atoms with Crippen LogP contribution in [0.25, 0.3) is 0 Å². The second-order valence-corrected chi connectivity index (χ2v) is 3.44. The molecule has 0 aliphatic heterocycles. The topological polar surface area (TPSA) is 67.1 Å². The van der Waals surface area contributed by atoms with Gasteiger partial charge in [-0.25, -0.2) is 20.2 Å². The van der Waals surface area contributed by atoms with Gasteiger partial charge < -0.3 is 10.3 Å². The Kier molecular flexibility index (Phi) is 3.15. The van der Waals surface area contributed by atoms with Gasteiger partial charge in [-0.2, -0.15) is 0 Å². The lowest BCUT2D eigenvalue weighted by atomic mass is 10.3. The smallest absolute Gasteiger partial charge is 0.145 e. The normalized spacial score (nSPS) is 10.1. The fourth-order valence-corrected chi connectivity index (χ4v) is 1.43. The third kappa shape index (κ3) is 2.48. The Morgan fingerprint density at radius 3 is 2.82 bits per heavy atom. The van der Waals surface area contributed by atoms with E-state index in [1.165, 1.54) is 18.5 Å². The molecule has 0 aliphatic carbocycles. The van der Waals surface area contributed by atoms with Crippen molar-refractivity contribution >= 4 is 17.3 Å². The van der Waals surface area contributed by atoms with Crippen LogP contribution < -0.4 is 16.2 Å². The number of benzene rings is 1. The van der Waals surface area contributed by atoms with Gasteiger partial charge in [0.2, 0.25) is 0 Å². The molecule has 0 saturated carbocycles. The molecule has 0 amide bonds. The second-order valence-electron chi connectivity index (χ2n) is 3.44. The molecular weight excluding hydrogens is 221 g/mol. The van der Waals surface area contributed by atoms with E-state index in [1.54, 1.807) is 30.1 Å². The van der Waals surface area contributed by atoms with Gasteiger partial charge in [0.1, 0.15) is 23.8 Å². The zero-order valence-corrected chi connectivity index (χ0v) is 9.26. The molecule has 0 unspecified atom stereocenters. The molecular formula is C11H12FN5. The van der Waals surface area contributed by atoms with Crippen molar-refractivity contribution in [3.63, 3.8) is 0 Å². The molecule has 5 nitrogen and oxygen atoms in total. The molecule has 0 aliphatic rings. The minimum absolute atomic E-state index is 0.291. The Balaban J connectivity index is 2.33. The minimum atomic E-state index is -0.291. The van der Waals surface area contributed by atoms with Crippen LogP contribution >= 0.6 is 0 Å². The lowest BCUT2D eigenvalue weighted by Gasteiger charge is -2.18. The standard InChI is InChI=1S/C11H12FN5/c1-17(9-4-2-3-8(12)5-9)11-6-10(16-13)14-7-15-11/h2-7H,13H2,1H3,(H,14,15,16). The van der Waals surface area contributed by atoms with Gasteiger partial charge in [0.15, 0.2) is 0 Å². The summed E-state index contributed by atoms with van der Waals surface area (Å²) in [5.41, 5.74) is 3.13. The van der Waals surface area contributed by atoms with Crippen LogP contribution in [-0.2, 0) is 0 Å². The second kappa shape index (κ2) is 4.75. The summed E-state index contributed by atoms with van der Waals surface area (Å²) >= 11 is 0. The Bertz CT molecular complexity index is 517. The van der Waals surface area contributed by atoms with Crippen LogP contribution in [0.1, 0.15) is 0 Å². The number of halogens is 1. The van der Waals surface area contributed by atoms with Gasteiger partial charge in [0.25, 0.3) is 0 Å². The Hall–Kier alpha value is -2.21. The van der Waals surface area contributed by atoms with E-state index in [1.807, 2.05) is 0 Å². The average molecular weight is 233 g/mol. The average Bonchev–Trinajstić information content (AvgIpc) is 2.38. The van der Waals surface area contributed by atoms with E-state index in [0.717, 1.165) is 0 Å². The van der Waals surface area contributed by atoms with E-state index in [0.29, 0.717) is 17.3 Å². The highest BCUT2D eigenvalue weighted by atomic mass is 19.1. The van der Waals surface area contributed by atoms with Crippen molar-refractivity contribution in [2.75, 3.05) is 17.4 Å². The van der Waals surface area contributed by atoms with E-state index in [4.69, 9.17) is 5.84 Å². The SMILES string of the molecule is CN(c1cccc(F)c1)c1cc(NN)ncn1. The van der Waals surface area contributed by atoms with Gasteiger partial charge in [0, 0.05) is 18.8 Å². The summed E-state index contributed by atoms with van der Waals surface area (Å²) in [7, 11) is 1.79. The van der Waals surface area contributed by atoms with Crippen LogP contribution in [0.2, 0.25) is 0 Å². The van der Waals surface area contributed by atoms with Crippen LogP contribution in [-0.4, -0.2) is 17.0 Å². The van der Waals surface area contributed by atoms with Crippen molar-refractivity contribution in [1.29, 1.82) is 0 Å². The molecule has 0 fully saturated rings. The van der Waals surface area contributed by atoms with E-state index in [-0.39, 0.29) is 5.82 Å². The summed E-state index contributed by atoms with van der Waals surface area (Å²) in [5, 5.41) is 0. The lowest BCUT2D eigenvalue weighted by molar-refractivity contribution is 0.628. The van der Waals surface area contributed by atoms with E-state index >= 15 is 0 Å². The number of aromatic nitrogens is 2. The zero-order chi connectivity index (χ0) is 12.3. The number of nitrogens with one attached hydrogen (secondary N) is 1. The van der Waals surface area contributed by atoms with Crippen molar-refractivity contribution in [2.45, 2.75) is 0 Å². The molecule has 1 aromatic heterocycles. The summed E-state index contributed by atoms with van der Waals surface area (Å²) < 4.78 is 13.1. The van der Waals surface area contributed by atoms with Crippen molar-refractivity contribution in [3.8, 4) is 0 Å². The molecule has 0 spiro atoms. The molecule has 0 saturated heterocycles. The van der Waals surface area contributed by atoms with Crippen molar-refractivity contribution in [2.24, 2.45) is 5.84 Å². The molecule has 17 heavy (non-hydrogen) atoms. The predicted octanol–water partition coefficient (Wildman–Crippen LogP) is 1.67. The van der Waals surface area contributed by atoms with E-state index in [9.17, 15) is 4.39 Å². The third-order valence-corrected chi connectivity index (χ3v) is 2.34. The fourth-order valence-electron chi connectivity index (χ4n) is 1.43. The molecule has 0 radical (unpaired) electrons. The summed E-state index contributed by atoms with van der Waals surface area (Å²) in [6, 6.07) is 7.93. The molecule has 3 N–H and O–H groups in total. The molecule has 0 bridgehead atoms. The van der Waals surface area contributed by atoms with Gasteiger partial charge in [0.05, 0.1) is 0 Å². The minimum Gasteiger partial charge on any atom is -0.329 e. The Morgan fingerprint density at radius 2 is 2.12 bits per heavy atom. The highest BCUT2D eigenvalue weighted by Crippen LogP contribution is 2.22. The number of hydrazine groups is 1. The Morgan fingerprint density at radius 1 is 1.29 bits per heavy atom. The van der Waals surface area contributed by atoms with Crippen molar-refractivity contribution in [1.82, 2.24) is 9.97 Å². The molecule has 2 aromatic rings. The van der Waals surface area contributed by atoms with Crippen LogP contribution in [0.5, 0.6) is 0 Å².